The molecule has 4 nitrogen and oxygen atoms in total. The molecule has 174 valence electrons. The topological polar surface area (TPSA) is 57.6 Å². The zero-order valence-electron chi connectivity index (χ0n) is 18.4. The van der Waals surface area contributed by atoms with Gasteiger partial charge in [-0.15, -0.1) is 0 Å². The Hall–Kier alpha value is -3.09. The molecule has 1 heterocycles. The highest BCUT2D eigenvalue weighted by molar-refractivity contribution is 5.92. The van der Waals surface area contributed by atoms with Gasteiger partial charge in [0.05, 0.1) is 12.0 Å². The van der Waals surface area contributed by atoms with Gasteiger partial charge in [-0.1, -0.05) is 42.0 Å². The number of benzene rings is 2. The molecule has 2 aromatic rings. The summed E-state index contributed by atoms with van der Waals surface area (Å²) < 4.78 is 39.6. The fourth-order valence-corrected chi connectivity index (χ4v) is 5.37. The number of carboxylic acid groups (broad SMARTS) is 1. The lowest BCUT2D eigenvalue weighted by Crippen LogP contribution is -2.44. The highest BCUT2D eigenvalue weighted by Gasteiger charge is 2.46. The van der Waals surface area contributed by atoms with Crippen LogP contribution in [0.5, 0.6) is 0 Å². The van der Waals surface area contributed by atoms with Gasteiger partial charge in [0.2, 0.25) is 5.91 Å². The lowest BCUT2D eigenvalue weighted by atomic mass is 9.73. The second kappa shape index (κ2) is 8.69. The molecule has 2 aliphatic rings. The van der Waals surface area contributed by atoms with Gasteiger partial charge >= 0.3 is 12.1 Å². The van der Waals surface area contributed by atoms with Crippen molar-refractivity contribution in [2.24, 2.45) is 0 Å². The monoisotopic (exact) mass is 457 g/mol. The third-order valence-corrected chi connectivity index (χ3v) is 6.98. The minimum atomic E-state index is -4.48. The Kier molecular flexibility index (Phi) is 6.08. The Morgan fingerprint density at radius 1 is 1.15 bits per heavy atom. The zero-order chi connectivity index (χ0) is 23.8. The number of hydrogen-bond donors (Lipinski definition) is 1. The Morgan fingerprint density at radius 3 is 2.52 bits per heavy atom. The van der Waals surface area contributed by atoms with Crippen LogP contribution in [0.3, 0.4) is 0 Å². The molecule has 0 aromatic heterocycles. The Morgan fingerprint density at radius 2 is 1.85 bits per heavy atom. The van der Waals surface area contributed by atoms with Crippen LogP contribution in [0.2, 0.25) is 0 Å². The van der Waals surface area contributed by atoms with Crippen molar-refractivity contribution in [3.05, 3.63) is 76.4 Å². The van der Waals surface area contributed by atoms with Gasteiger partial charge in [0, 0.05) is 19.2 Å². The maximum absolute atomic E-state index is 13.2. The average molecular weight is 457 g/mol. The van der Waals surface area contributed by atoms with E-state index in [2.05, 4.69) is 6.07 Å². The van der Waals surface area contributed by atoms with E-state index < -0.39 is 17.7 Å². The van der Waals surface area contributed by atoms with Gasteiger partial charge in [-0.25, -0.2) is 0 Å². The number of likely N-dealkylation sites (tertiary alicyclic amines) is 1. The summed E-state index contributed by atoms with van der Waals surface area (Å²) in [6.45, 7) is 2.98. The Labute approximate surface area is 190 Å². The maximum atomic E-state index is 13.2. The molecule has 1 saturated heterocycles. The van der Waals surface area contributed by atoms with E-state index in [1.807, 2.05) is 19.1 Å². The number of aliphatic carboxylic acids is 1. The molecule has 1 spiro atoms. The second-order valence-electron chi connectivity index (χ2n) is 9.11. The molecule has 0 bridgehead atoms. The lowest BCUT2D eigenvalue weighted by Gasteiger charge is -2.40. The van der Waals surface area contributed by atoms with Crippen LogP contribution in [0.15, 0.2) is 48.5 Å². The number of rotatable bonds is 4. The molecular formula is C26H26F3NO3. The SMILES string of the molecule is Cc1ccc2c(c1)C1(CCN(C(=O)C=Cc3ccccc3C(F)(F)F)CC1)CC2CC(=O)O. The van der Waals surface area contributed by atoms with Crippen LogP contribution in [0, 0.1) is 6.92 Å². The van der Waals surface area contributed by atoms with Gasteiger partial charge in [-0.3, -0.25) is 9.59 Å². The number of halogens is 3. The normalized spacial score (nSPS) is 19.8. The van der Waals surface area contributed by atoms with E-state index in [4.69, 9.17) is 0 Å². The third kappa shape index (κ3) is 4.68. The second-order valence-corrected chi connectivity index (χ2v) is 9.11. The van der Waals surface area contributed by atoms with E-state index in [-0.39, 0.29) is 29.2 Å². The average Bonchev–Trinajstić information content (AvgIpc) is 3.03. The van der Waals surface area contributed by atoms with Crippen molar-refractivity contribution in [2.45, 2.75) is 50.1 Å². The van der Waals surface area contributed by atoms with Gasteiger partial charge in [0.15, 0.2) is 0 Å². The fraction of sp³-hybridized carbons (Fsp3) is 0.385. The summed E-state index contributed by atoms with van der Waals surface area (Å²) in [5.41, 5.74) is 2.43. The minimum Gasteiger partial charge on any atom is -0.481 e. The van der Waals surface area contributed by atoms with Gasteiger partial charge in [-0.2, -0.15) is 13.2 Å². The number of carbonyl (C=O) groups excluding carboxylic acids is 1. The predicted molar refractivity (Wildman–Crippen MR) is 119 cm³/mol. The predicted octanol–water partition coefficient (Wildman–Crippen LogP) is 5.55. The zero-order valence-corrected chi connectivity index (χ0v) is 18.4. The van der Waals surface area contributed by atoms with Crippen molar-refractivity contribution in [1.82, 2.24) is 4.90 Å². The van der Waals surface area contributed by atoms with Crippen LogP contribution in [-0.2, 0) is 21.2 Å². The van der Waals surface area contributed by atoms with Crippen molar-refractivity contribution in [3.63, 3.8) is 0 Å². The van der Waals surface area contributed by atoms with Crippen molar-refractivity contribution in [3.8, 4) is 0 Å². The van der Waals surface area contributed by atoms with Crippen LogP contribution in [0.4, 0.5) is 13.2 Å². The van der Waals surface area contributed by atoms with Crippen molar-refractivity contribution >= 4 is 18.0 Å². The number of fused-ring (bicyclic) bond motifs is 2. The smallest absolute Gasteiger partial charge is 0.416 e. The van der Waals surface area contributed by atoms with Crippen molar-refractivity contribution in [1.29, 1.82) is 0 Å². The highest BCUT2D eigenvalue weighted by Crippen LogP contribution is 2.53. The summed E-state index contributed by atoms with van der Waals surface area (Å²) in [6.07, 6.45) is 0.199. The van der Waals surface area contributed by atoms with Crippen LogP contribution in [0.25, 0.3) is 6.08 Å². The summed E-state index contributed by atoms with van der Waals surface area (Å²) in [5, 5.41) is 9.35. The first-order valence-corrected chi connectivity index (χ1v) is 11.1. The lowest BCUT2D eigenvalue weighted by molar-refractivity contribution is -0.138. The number of amides is 1. The van der Waals surface area contributed by atoms with E-state index in [1.54, 1.807) is 4.90 Å². The molecule has 4 rings (SSSR count). The van der Waals surface area contributed by atoms with E-state index in [0.717, 1.165) is 23.6 Å². The Balaban J connectivity index is 1.48. The summed E-state index contributed by atoms with van der Waals surface area (Å²) >= 11 is 0. The molecule has 1 fully saturated rings. The first-order valence-electron chi connectivity index (χ1n) is 11.1. The number of hydrogen-bond acceptors (Lipinski definition) is 2. The van der Waals surface area contributed by atoms with Crippen LogP contribution >= 0.6 is 0 Å². The molecule has 1 aliphatic heterocycles. The largest absolute Gasteiger partial charge is 0.481 e. The highest BCUT2D eigenvalue weighted by atomic mass is 19.4. The quantitative estimate of drug-likeness (QED) is 0.613. The molecule has 1 aliphatic carbocycles. The van der Waals surface area contributed by atoms with Crippen molar-refractivity contribution < 1.29 is 27.9 Å². The standard InChI is InChI=1S/C26H26F3NO3/c1-17-6-8-20-19(15-24(32)33)16-25(22(20)14-17)10-12-30(13-11-25)23(31)9-7-18-4-2-3-5-21(18)26(27,28)29/h2-9,14,19H,10-13,15-16H2,1H3,(H,32,33). The number of nitrogens with zero attached hydrogens (tertiary/aromatic N) is 1. The molecule has 2 aromatic carbocycles. The van der Waals surface area contributed by atoms with Gasteiger partial charge < -0.3 is 10.0 Å². The van der Waals surface area contributed by atoms with E-state index in [1.165, 1.54) is 35.9 Å². The molecule has 7 heteroatoms. The molecule has 1 amide bonds. The van der Waals surface area contributed by atoms with Gasteiger partial charge in [-0.05, 0) is 66.4 Å². The molecule has 1 N–H and O–H groups in total. The number of piperidine rings is 1. The van der Waals surface area contributed by atoms with Gasteiger partial charge in [0.25, 0.3) is 0 Å². The number of carbonyl (C=O) groups is 2. The van der Waals surface area contributed by atoms with Crippen LogP contribution in [0.1, 0.15) is 59.4 Å². The van der Waals surface area contributed by atoms with E-state index in [9.17, 15) is 27.9 Å². The minimum absolute atomic E-state index is 0.0384. The van der Waals surface area contributed by atoms with Crippen LogP contribution < -0.4 is 0 Å². The van der Waals surface area contributed by atoms with E-state index >= 15 is 0 Å². The first-order chi connectivity index (χ1) is 15.6. The summed E-state index contributed by atoms with van der Waals surface area (Å²) in [6, 6.07) is 11.4. The molecule has 1 atom stereocenters. The molecule has 1 unspecified atom stereocenters. The third-order valence-electron chi connectivity index (χ3n) is 6.98. The fourth-order valence-electron chi connectivity index (χ4n) is 5.37. The van der Waals surface area contributed by atoms with Crippen LogP contribution in [-0.4, -0.2) is 35.0 Å². The summed E-state index contributed by atoms with van der Waals surface area (Å²) in [7, 11) is 0. The number of carboxylic acids is 1. The molecule has 0 radical (unpaired) electrons. The number of alkyl halides is 3. The Bertz CT molecular complexity index is 1100. The van der Waals surface area contributed by atoms with E-state index in [0.29, 0.717) is 25.9 Å². The summed E-state index contributed by atoms with van der Waals surface area (Å²) in [5.74, 6) is -1.18. The number of aryl methyl sites for hydroxylation is 1. The summed E-state index contributed by atoms with van der Waals surface area (Å²) in [4.78, 5) is 25.8. The van der Waals surface area contributed by atoms with Crippen molar-refractivity contribution in [2.75, 3.05) is 13.1 Å². The molecule has 33 heavy (non-hydrogen) atoms. The molecule has 0 saturated carbocycles. The first kappa shape index (κ1) is 23.1. The maximum Gasteiger partial charge on any atom is 0.416 e. The molecular weight excluding hydrogens is 431 g/mol. The van der Waals surface area contributed by atoms with Gasteiger partial charge in [0.1, 0.15) is 0 Å².